The molecule has 1 heterocycles. The standard InChI is InChI=1S/C19H27N3O3/c1-3-5-11-22-13-15(12-17(22)23)19(25)21-16-8-6-14(7-9-16)18(24)20-10-4-2/h6-9,15H,3-5,10-13H2,1-2H3,(H,20,24)(H,21,25). The lowest BCUT2D eigenvalue weighted by Gasteiger charge is -2.16. The van der Waals surface area contributed by atoms with Crippen LogP contribution in [-0.4, -0.2) is 42.3 Å². The highest BCUT2D eigenvalue weighted by Gasteiger charge is 2.33. The van der Waals surface area contributed by atoms with E-state index in [0.29, 0.717) is 24.3 Å². The first-order valence-electron chi connectivity index (χ1n) is 9.02. The van der Waals surface area contributed by atoms with E-state index in [0.717, 1.165) is 25.8 Å². The molecule has 1 saturated heterocycles. The summed E-state index contributed by atoms with van der Waals surface area (Å²) in [6, 6.07) is 6.80. The van der Waals surface area contributed by atoms with Gasteiger partial charge in [0.05, 0.1) is 5.92 Å². The zero-order valence-corrected chi connectivity index (χ0v) is 15.0. The maximum absolute atomic E-state index is 12.4. The van der Waals surface area contributed by atoms with Gasteiger partial charge in [-0.05, 0) is 37.1 Å². The van der Waals surface area contributed by atoms with Gasteiger partial charge in [0.2, 0.25) is 11.8 Å². The Labute approximate surface area is 149 Å². The van der Waals surface area contributed by atoms with Gasteiger partial charge in [-0.25, -0.2) is 0 Å². The SMILES string of the molecule is CCCCN1CC(C(=O)Nc2ccc(C(=O)NCCC)cc2)CC1=O. The highest BCUT2D eigenvalue weighted by atomic mass is 16.2. The van der Waals surface area contributed by atoms with E-state index in [1.807, 2.05) is 6.92 Å². The van der Waals surface area contributed by atoms with Crippen molar-refractivity contribution in [3.05, 3.63) is 29.8 Å². The number of benzene rings is 1. The molecule has 136 valence electrons. The predicted molar refractivity (Wildman–Crippen MR) is 97.3 cm³/mol. The van der Waals surface area contributed by atoms with Crippen LogP contribution in [0.25, 0.3) is 0 Å². The molecule has 1 aliphatic heterocycles. The largest absolute Gasteiger partial charge is 0.352 e. The molecule has 2 N–H and O–H groups in total. The molecule has 0 saturated carbocycles. The third-order valence-corrected chi connectivity index (χ3v) is 4.32. The van der Waals surface area contributed by atoms with Gasteiger partial charge < -0.3 is 15.5 Å². The number of unbranched alkanes of at least 4 members (excludes halogenated alkanes) is 1. The van der Waals surface area contributed by atoms with Crippen LogP contribution in [0.2, 0.25) is 0 Å². The molecule has 6 nitrogen and oxygen atoms in total. The Kier molecular flexibility index (Phi) is 6.98. The van der Waals surface area contributed by atoms with Gasteiger partial charge in [0.15, 0.2) is 0 Å². The van der Waals surface area contributed by atoms with E-state index in [1.54, 1.807) is 29.2 Å². The van der Waals surface area contributed by atoms with Gasteiger partial charge in [-0.3, -0.25) is 14.4 Å². The summed E-state index contributed by atoms with van der Waals surface area (Å²) in [5.41, 5.74) is 1.20. The Bertz CT molecular complexity index is 613. The quantitative estimate of drug-likeness (QED) is 0.759. The van der Waals surface area contributed by atoms with Crippen LogP contribution in [0.3, 0.4) is 0 Å². The summed E-state index contributed by atoms with van der Waals surface area (Å²) in [5, 5.41) is 5.65. The average Bonchev–Trinajstić information content (AvgIpc) is 2.99. The molecule has 1 atom stereocenters. The zero-order valence-electron chi connectivity index (χ0n) is 15.0. The Balaban J connectivity index is 1.88. The number of nitrogens with zero attached hydrogens (tertiary/aromatic N) is 1. The van der Waals surface area contributed by atoms with Crippen LogP contribution < -0.4 is 10.6 Å². The molecule has 3 amide bonds. The lowest BCUT2D eigenvalue weighted by atomic mass is 10.1. The molecule has 1 aromatic carbocycles. The number of carbonyl (C=O) groups is 3. The van der Waals surface area contributed by atoms with Gasteiger partial charge in [0, 0.05) is 37.3 Å². The Morgan fingerprint density at radius 3 is 2.52 bits per heavy atom. The first-order chi connectivity index (χ1) is 12.0. The Morgan fingerprint density at radius 1 is 1.16 bits per heavy atom. The zero-order chi connectivity index (χ0) is 18.2. The van der Waals surface area contributed by atoms with Crippen molar-refractivity contribution in [1.82, 2.24) is 10.2 Å². The average molecular weight is 345 g/mol. The maximum Gasteiger partial charge on any atom is 0.251 e. The highest BCUT2D eigenvalue weighted by molar-refractivity contribution is 5.98. The Hall–Kier alpha value is -2.37. The van der Waals surface area contributed by atoms with Gasteiger partial charge in [-0.1, -0.05) is 20.3 Å². The van der Waals surface area contributed by atoms with Gasteiger partial charge in [0.25, 0.3) is 5.91 Å². The monoisotopic (exact) mass is 345 g/mol. The van der Waals surface area contributed by atoms with E-state index in [-0.39, 0.29) is 30.1 Å². The summed E-state index contributed by atoms with van der Waals surface area (Å²) in [4.78, 5) is 38.0. The molecule has 0 aromatic heterocycles. The number of rotatable bonds is 8. The number of hydrogen-bond donors (Lipinski definition) is 2. The highest BCUT2D eigenvalue weighted by Crippen LogP contribution is 2.20. The van der Waals surface area contributed by atoms with Crippen LogP contribution in [0.1, 0.15) is 49.9 Å². The number of likely N-dealkylation sites (tertiary alicyclic amines) is 1. The van der Waals surface area contributed by atoms with Gasteiger partial charge in [0.1, 0.15) is 0 Å². The van der Waals surface area contributed by atoms with Crippen LogP contribution >= 0.6 is 0 Å². The van der Waals surface area contributed by atoms with Gasteiger partial charge in [-0.15, -0.1) is 0 Å². The number of carbonyl (C=O) groups excluding carboxylic acids is 3. The number of amides is 3. The van der Waals surface area contributed by atoms with E-state index in [2.05, 4.69) is 17.6 Å². The lowest BCUT2D eigenvalue weighted by Crippen LogP contribution is -2.29. The fourth-order valence-corrected chi connectivity index (χ4v) is 2.80. The normalized spacial score (nSPS) is 16.8. The number of nitrogens with one attached hydrogen (secondary N) is 2. The van der Waals surface area contributed by atoms with Crippen molar-refractivity contribution in [3.8, 4) is 0 Å². The smallest absolute Gasteiger partial charge is 0.251 e. The van der Waals surface area contributed by atoms with Gasteiger partial charge >= 0.3 is 0 Å². The van der Waals surface area contributed by atoms with E-state index in [1.165, 1.54) is 0 Å². The molecular formula is C19H27N3O3. The molecule has 1 aromatic rings. The molecule has 1 unspecified atom stereocenters. The topological polar surface area (TPSA) is 78.5 Å². The van der Waals surface area contributed by atoms with Crippen LogP contribution in [0.15, 0.2) is 24.3 Å². The third kappa shape index (κ3) is 5.31. The molecule has 0 radical (unpaired) electrons. The summed E-state index contributed by atoms with van der Waals surface area (Å²) >= 11 is 0. The summed E-state index contributed by atoms with van der Waals surface area (Å²) in [5.74, 6) is -0.517. The molecule has 0 aliphatic carbocycles. The third-order valence-electron chi connectivity index (χ3n) is 4.32. The van der Waals surface area contributed by atoms with Crippen molar-refractivity contribution in [3.63, 3.8) is 0 Å². The van der Waals surface area contributed by atoms with Gasteiger partial charge in [-0.2, -0.15) is 0 Å². The second kappa shape index (κ2) is 9.20. The molecule has 0 bridgehead atoms. The molecule has 1 aliphatic rings. The first kappa shape index (κ1) is 19.0. The van der Waals surface area contributed by atoms with E-state index in [9.17, 15) is 14.4 Å². The predicted octanol–water partition coefficient (Wildman–Crippen LogP) is 2.41. The van der Waals surface area contributed by atoms with Crippen molar-refractivity contribution in [1.29, 1.82) is 0 Å². The summed E-state index contributed by atoms with van der Waals surface area (Å²) < 4.78 is 0. The Morgan fingerprint density at radius 2 is 1.88 bits per heavy atom. The van der Waals surface area contributed by atoms with E-state index in [4.69, 9.17) is 0 Å². The van der Waals surface area contributed by atoms with Crippen molar-refractivity contribution < 1.29 is 14.4 Å². The minimum absolute atomic E-state index is 0.0524. The van der Waals surface area contributed by atoms with Crippen LogP contribution in [0.4, 0.5) is 5.69 Å². The fraction of sp³-hybridized carbons (Fsp3) is 0.526. The molecule has 25 heavy (non-hydrogen) atoms. The molecule has 2 rings (SSSR count). The first-order valence-corrected chi connectivity index (χ1v) is 9.02. The lowest BCUT2D eigenvalue weighted by molar-refractivity contribution is -0.128. The fourth-order valence-electron chi connectivity index (χ4n) is 2.80. The molecule has 6 heteroatoms. The second-order valence-corrected chi connectivity index (χ2v) is 6.42. The van der Waals surface area contributed by atoms with E-state index >= 15 is 0 Å². The second-order valence-electron chi connectivity index (χ2n) is 6.42. The van der Waals surface area contributed by atoms with E-state index < -0.39 is 0 Å². The van der Waals surface area contributed by atoms with Crippen molar-refractivity contribution in [2.45, 2.75) is 39.5 Å². The number of anilines is 1. The van der Waals surface area contributed by atoms with Crippen molar-refractivity contribution in [2.24, 2.45) is 5.92 Å². The van der Waals surface area contributed by atoms with Crippen LogP contribution in [0.5, 0.6) is 0 Å². The van der Waals surface area contributed by atoms with Crippen LogP contribution in [-0.2, 0) is 9.59 Å². The summed E-state index contributed by atoms with van der Waals surface area (Å²) in [7, 11) is 0. The molecular weight excluding hydrogens is 318 g/mol. The summed E-state index contributed by atoms with van der Waals surface area (Å²) in [6.45, 7) is 5.93. The van der Waals surface area contributed by atoms with Crippen molar-refractivity contribution in [2.75, 3.05) is 25.0 Å². The minimum atomic E-state index is -0.308. The minimum Gasteiger partial charge on any atom is -0.352 e. The molecule has 1 fully saturated rings. The van der Waals surface area contributed by atoms with Crippen LogP contribution in [0, 0.1) is 5.92 Å². The maximum atomic E-state index is 12.4. The molecule has 0 spiro atoms. The summed E-state index contributed by atoms with van der Waals surface area (Å²) in [6.07, 6.45) is 3.14. The number of hydrogen-bond acceptors (Lipinski definition) is 3. The van der Waals surface area contributed by atoms with Crippen molar-refractivity contribution >= 4 is 23.4 Å².